The second-order valence-corrected chi connectivity index (χ2v) is 8.09. The number of benzene rings is 1. The van der Waals surface area contributed by atoms with Crippen molar-refractivity contribution in [3.63, 3.8) is 0 Å². The molecule has 0 atom stereocenters. The molecule has 0 aliphatic heterocycles. The van der Waals surface area contributed by atoms with Crippen molar-refractivity contribution in [1.82, 2.24) is 0 Å². The van der Waals surface area contributed by atoms with E-state index in [1.807, 2.05) is 0 Å². The summed E-state index contributed by atoms with van der Waals surface area (Å²) in [5, 5.41) is 0. The molecule has 0 aromatic heterocycles. The van der Waals surface area contributed by atoms with E-state index in [4.69, 9.17) is 4.74 Å². The van der Waals surface area contributed by atoms with E-state index in [2.05, 4.69) is 50.3 Å². The summed E-state index contributed by atoms with van der Waals surface area (Å²) in [4.78, 5) is 0. The van der Waals surface area contributed by atoms with Crippen LogP contribution >= 0.6 is 0 Å². The van der Waals surface area contributed by atoms with Crippen LogP contribution in [0.1, 0.15) is 90.0 Å². The van der Waals surface area contributed by atoms with Crippen LogP contribution in [0.4, 0.5) is 0 Å². The summed E-state index contributed by atoms with van der Waals surface area (Å²) in [7, 11) is 0. The first-order chi connectivity index (χ1) is 12.8. The Kier molecular flexibility index (Phi) is 10.5. The molecule has 0 bridgehead atoms. The smallest absolute Gasteiger partial charge is 0.119 e. The van der Waals surface area contributed by atoms with Gasteiger partial charge in [-0.1, -0.05) is 70.2 Å². The van der Waals surface area contributed by atoms with Gasteiger partial charge in [-0.25, -0.2) is 0 Å². The summed E-state index contributed by atoms with van der Waals surface area (Å²) >= 11 is 0. The minimum atomic E-state index is 0.839. The fourth-order valence-corrected chi connectivity index (χ4v) is 4.09. The van der Waals surface area contributed by atoms with Crippen molar-refractivity contribution < 1.29 is 4.74 Å². The Labute approximate surface area is 162 Å². The lowest BCUT2D eigenvalue weighted by molar-refractivity contribution is 0.294. The lowest BCUT2D eigenvalue weighted by Crippen LogP contribution is -2.12. The van der Waals surface area contributed by atoms with Gasteiger partial charge in [-0.05, 0) is 74.5 Å². The zero-order chi connectivity index (χ0) is 18.5. The van der Waals surface area contributed by atoms with Crippen molar-refractivity contribution in [2.24, 2.45) is 11.8 Å². The van der Waals surface area contributed by atoms with Gasteiger partial charge in [0.1, 0.15) is 5.75 Å². The van der Waals surface area contributed by atoms with Crippen molar-refractivity contribution in [2.45, 2.75) is 90.9 Å². The van der Waals surface area contributed by atoms with Gasteiger partial charge in [0.25, 0.3) is 0 Å². The number of hydrogen-bond donors (Lipinski definition) is 0. The molecule has 1 saturated carbocycles. The Balaban J connectivity index is 1.59. The maximum absolute atomic E-state index is 5.82. The maximum Gasteiger partial charge on any atom is 0.119 e. The molecule has 1 aromatic carbocycles. The minimum Gasteiger partial charge on any atom is -0.494 e. The van der Waals surface area contributed by atoms with E-state index in [0.717, 1.165) is 37.0 Å². The SMILES string of the molecule is CCCCCCOc1ccc(CC/C=C/[C@H]2CC[C@H](CCC)CC2)cc1. The zero-order valence-electron chi connectivity index (χ0n) is 17.2. The molecule has 0 radical (unpaired) electrons. The topological polar surface area (TPSA) is 9.23 Å². The second kappa shape index (κ2) is 13.0. The Bertz CT molecular complexity index is 479. The minimum absolute atomic E-state index is 0.839. The van der Waals surface area contributed by atoms with E-state index in [0.29, 0.717) is 0 Å². The molecule has 0 heterocycles. The summed E-state index contributed by atoms with van der Waals surface area (Å²) in [5.41, 5.74) is 1.42. The molecular weight excluding hydrogens is 316 g/mol. The molecule has 26 heavy (non-hydrogen) atoms. The number of hydrogen-bond acceptors (Lipinski definition) is 1. The molecule has 0 N–H and O–H groups in total. The lowest BCUT2D eigenvalue weighted by Gasteiger charge is -2.26. The van der Waals surface area contributed by atoms with E-state index in [-0.39, 0.29) is 0 Å². The van der Waals surface area contributed by atoms with Gasteiger partial charge in [0, 0.05) is 0 Å². The van der Waals surface area contributed by atoms with Crippen molar-refractivity contribution in [3.05, 3.63) is 42.0 Å². The highest BCUT2D eigenvalue weighted by Gasteiger charge is 2.18. The summed E-state index contributed by atoms with van der Waals surface area (Å²) in [6.07, 6.45) is 20.8. The molecule has 1 heteroatoms. The summed E-state index contributed by atoms with van der Waals surface area (Å²) in [6, 6.07) is 8.72. The molecule has 1 aliphatic carbocycles. The molecule has 1 aliphatic rings. The van der Waals surface area contributed by atoms with Crippen LogP contribution in [0.3, 0.4) is 0 Å². The van der Waals surface area contributed by atoms with E-state index < -0.39 is 0 Å². The largest absolute Gasteiger partial charge is 0.494 e. The van der Waals surface area contributed by atoms with Gasteiger partial charge in [-0.15, -0.1) is 0 Å². The number of ether oxygens (including phenoxy) is 1. The molecule has 1 nitrogen and oxygen atoms in total. The van der Waals surface area contributed by atoms with Crippen LogP contribution in [0.2, 0.25) is 0 Å². The molecule has 1 fully saturated rings. The van der Waals surface area contributed by atoms with Crippen molar-refractivity contribution in [2.75, 3.05) is 6.61 Å². The van der Waals surface area contributed by atoms with Gasteiger partial charge in [-0.3, -0.25) is 0 Å². The first kappa shape index (κ1) is 21.1. The highest BCUT2D eigenvalue weighted by Crippen LogP contribution is 2.32. The van der Waals surface area contributed by atoms with Crippen LogP contribution in [0.25, 0.3) is 0 Å². The van der Waals surface area contributed by atoms with Crippen LogP contribution in [0.15, 0.2) is 36.4 Å². The quantitative estimate of drug-likeness (QED) is 0.275. The van der Waals surface area contributed by atoms with E-state index >= 15 is 0 Å². The molecule has 0 amide bonds. The zero-order valence-corrected chi connectivity index (χ0v) is 17.2. The van der Waals surface area contributed by atoms with Gasteiger partial charge in [0.15, 0.2) is 0 Å². The van der Waals surface area contributed by atoms with E-state index in [1.165, 1.54) is 69.8 Å². The van der Waals surface area contributed by atoms with Crippen LogP contribution in [-0.2, 0) is 6.42 Å². The van der Waals surface area contributed by atoms with E-state index in [9.17, 15) is 0 Å². The summed E-state index contributed by atoms with van der Waals surface area (Å²) in [5.74, 6) is 2.87. The number of rotatable bonds is 12. The Morgan fingerprint density at radius 1 is 0.923 bits per heavy atom. The lowest BCUT2D eigenvalue weighted by atomic mass is 9.80. The van der Waals surface area contributed by atoms with E-state index in [1.54, 1.807) is 0 Å². The molecule has 0 saturated heterocycles. The third-order valence-electron chi connectivity index (χ3n) is 5.79. The van der Waals surface area contributed by atoms with Gasteiger partial charge in [0.2, 0.25) is 0 Å². The van der Waals surface area contributed by atoms with Gasteiger partial charge in [-0.2, -0.15) is 0 Å². The maximum atomic E-state index is 5.82. The monoisotopic (exact) mass is 356 g/mol. The summed E-state index contributed by atoms with van der Waals surface area (Å²) < 4.78 is 5.82. The van der Waals surface area contributed by atoms with Gasteiger partial charge < -0.3 is 4.74 Å². The Morgan fingerprint density at radius 2 is 1.69 bits per heavy atom. The predicted octanol–water partition coefficient (Wildman–Crippen LogP) is 7.74. The average molecular weight is 357 g/mol. The van der Waals surface area contributed by atoms with Gasteiger partial charge in [0.05, 0.1) is 6.61 Å². The first-order valence-electron chi connectivity index (χ1n) is 11.2. The molecule has 0 spiro atoms. The molecular formula is C25H40O. The third kappa shape index (κ3) is 8.43. The van der Waals surface area contributed by atoms with Crippen molar-refractivity contribution >= 4 is 0 Å². The fraction of sp³-hybridized carbons (Fsp3) is 0.680. The highest BCUT2D eigenvalue weighted by atomic mass is 16.5. The molecule has 2 rings (SSSR count). The van der Waals surface area contributed by atoms with Crippen molar-refractivity contribution in [3.8, 4) is 5.75 Å². The number of unbranched alkanes of at least 4 members (excludes halogenated alkanes) is 3. The molecule has 146 valence electrons. The predicted molar refractivity (Wildman–Crippen MR) is 114 cm³/mol. The van der Waals surface area contributed by atoms with Gasteiger partial charge >= 0.3 is 0 Å². The van der Waals surface area contributed by atoms with Crippen LogP contribution in [-0.4, -0.2) is 6.61 Å². The normalized spacial score (nSPS) is 20.5. The summed E-state index contributed by atoms with van der Waals surface area (Å²) in [6.45, 7) is 5.41. The second-order valence-electron chi connectivity index (χ2n) is 8.09. The third-order valence-corrected chi connectivity index (χ3v) is 5.79. The molecule has 0 unspecified atom stereocenters. The van der Waals surface area contributed by atoms with Crippen molar-refractivity contribution in [1.29, 1.82) is 0 Å². The number of aryl methyl sites for hydroxylation is 1. The fourth-order valence-electron chi connectivity index (χ4n) is 4.09. The highest BCUT2D eigenvalue weighted by molar-refractivity contribution is 5.27. The Hall–Kier alpha value is -1.24. The first-order valence-corrected chi connectivity index (χ1v) is 11.2. The standard InChI is InChI=1S/C25H40O/c1-3-5-6-9-21-26-25-19-17-24(18-20-25)12-8-7-11-23-15-13-22(10-4-2)14-16-23/h7,11,17-20,22-23H,3-6,8-10,12-16,21H2,1-2H3/b11-7+/t22-,23-. The average Bonchev–Trinajstić information content (AvgIpc) is 2.68. The Morgan fingerprint density at radius 3 is 2.38 bits per heavy atom. The van der Waals surface area contributed by atoms with Crippen LogP contribution in [0, 0.1) is 11.8 Å². The van der Waals surface area contributed by atoms with Crippen LogP contribution < -0.4 is 4.74 Å². The number of allylic oxidation sites excluding steroid dienone is 2. The molecule has 1 aromatic rings. The van der Waals surface area contributed by atoms with Crippen LogP contribution in [0.5, 0.6) is 5.75 Å².